The van der Waals surface area contributed by atoms with Crippen LogP contribution in [0.1, 0.15) is 240 Å². The van der Waals surface area contributed by atoms with E-state index in [0.29, 0.717) is 25.6 Å². The fourth-order valence-electron chi connectivity index (χ4n) is 7.74. The number of phenolic OH excluding ortho intramolecular Hbond substituents is 1. The summed E-state index contributed by atoms with van der Waals surface area (Å²) in [6.45, 7) is 56.6. The lowest BCUT2D eigenvalue weighted by atomic mass is 10.1. The van der Waals surface area contributed by atoms with Crippen LogP contribution in [-0.2, 0) is 0 Å². The molecule has 0 heterocycles. The van der Waals surface area contributed by atoms with E-state index in [4.69, 9.17) is 43.4 Å². The highest BCUT2D eigenvalue weighted by molar-refractivity contribution is 5.48. The molecule has 0 spiro atoms. The monoisotopic (exact) mass is 1400 g/mol. The molecule has 4 aromatic carbocycles. The predicted molar refractivity (Wildman–Crippen MR) is 448 cm³/mol. The van der Waals surface area contributed by atoms with Gasteiger partial charge in [0.25, 0.3) is 0 Å². The number of hydrogen-bond acceptors (Lipinski definition) is 10. The van der Waals surface area contributed by atoms with Crippen molar-refractivity contribution in [3.05, 3.63) is 215 Å². The summed E-state index contributed by atoms with van der Waals surface area (Å²) in [4.78, 5) is 0. The minimum Gasteiger partial charge on any atom is -0.507 e. The zero-order chi connectivity index (χ0) is 78.6. The molecule has 3 N–H and O–H groups in total. The average molecular weight is 1400 g/mol. The largest absolute Gasteiger partial charge is 0.507 e. The van der Waals surface area contributed by atoms with Crippen LogP contribution in [0.2, 0.25) is 0 Å². The number of aryl methyl sites for hydroxylation is 8. The van der Waals surface area contributed by atoms with E-state index >= 15 is 0 Å². The van der Waals surface area contributed by atoms with Crippen molar-refractivity contribution in [2.75, 3.05) is 61.5 Å². The molecule has 0 fully saturated rings. The third-order valence-corrected chi connectivity index (χ3v) is 12.1. The van der Waals surface area contributed by atoms with E-state index < -0.39 is 0 Å². The third kappa shape index (κ3) is 67.8. The molecule has 0 amide bonds. The van der Waals surface area contributed by atoms with Gasteiger partial charge in [-0.2, -0.15) is 0 Å². The molecule has 4 aromatic rings. The number of hydrogen-bond donors (Lipinski definition) is 3. The Balaban J connectivity index is -0.000000140. The second-order valence-corrected chi connectivity index (χ2v) is 19.6. The molecule has 100 heavy (non-hydrogen) atoms. The lowest BCUT2D eigenvalue weighted by Crippen LogP contribution is -1.98. The number of aliphatic hydroxyl groups is 2. The highest BCUT2D eigenvalue weighted by Crippen LogP contribution is 2.31. The van der Waals surface area contributed by atoms with E-state index in [1.165, 1.54) is 0 Å². The van der Waals surface area contributed by atoms with Gasteiger partial charge in [0.1, 0.15) is 65.8 Å². The standard InChI is InChI=1S/2C17H24O2.C16H22O3.C9H12O2.C9H16.C8H14O.7C2H6/c2*1-5-6-7-8-9-10-11-19-17-14(2)12-16(18-4)13-15(17)3;1-13-11-15(18-3)12-14(2)16(13)19-10-8-6-4-5-7-9-17;1-6-4-8(11-3)5-7(2)9(6)10;1-3-5-7-9-8-6-4-2;1-2-3-4-5-6-7-8-9;7*1-2/h2*6-7,9-10,12-13H,5,8,11H2,1-4H3;5-8,11-12,17H,4,9-10H2,1-3H3;4-5,10H,1-3H3;5-8H,3-4,9H2,1-2H3;3-4,6-7,9H,2,5,8H2,1H3;7*1-2H3. The van der Waals surface area contributed by atoms with Crippen LogP contribution >= 0.6 is 0 Å². The first-order valence-corrected chi connectivity index (χ1v) is 37.4. The SMILES string of the molecule is CC.CC.CC.CC.CC.CC.CC.CCC=CCC=CCC.CCC=CCC=CCO.CCC=CCC=CCOc1c(C)cc(OC)cc1C.CCC=CCC=CCOc1c(C)cc(OC)cc1C.COc1cc(C)c(O)c(C)c1.COc1cc(C)c(OCC=CCC=CCO)c(C)c1. The maximum Gasteiger partial charge on any atom is 0.125 e. The quantitative estimate of drug-likeness (QED) is 0.0435. The van der Waals surface area contributed by atoms with Gasteiger partial charge in [-0.3, -0.25) is 0 Å². The predicted octanol–water partition coefficient (Wildman–Crippen LogP) is 26.8. The van der Waals surface area contributed by atoms with Gasteiger partial charge >= 0.3 is 0 Å². The van der Waals surface area contributed by atoms with Crippen molar-refractivity contribution in [2.45, 2.75) is 251 Å². The van der Waals surface area contributed by atoms with E-state index in [1.807, 2.05) is 225 Å². The third-order valence-electron chi connectivity index (χ3n) is 12.1. The van der Waals surface area contributed by atoms with Crippen LogP contribution in [-0.4, -0.2) is 76.8 Å². The van der Waals surface area contributed by atoms with Crippen LogP contribution in [0.5, 0.6) is 46.0 Å². The molecule has 574 valence electrons. The Morgan fingerprint density at radius 3 is 0.570 bits per heavy atom. The van der Waals surface area contributed by atoms with Gasteiger partial charge < -0.3 is 48.5 Å². The Hall–Kier alpha value is -7.40. The summed E-state index contributed by atoms with van der Waals surface area (Å²) in [5, 5.41) is 26.3. The summed E-state index contributed by atoms with van der Waals surface area (Å²) in [5.41, 5.74) is 8.28. The van der Waals surface area contributed by atoms with Gasteiger partial charge in [-0.15, -0.1) is 0 Å². The molecule has 10 heteroatoms. The molecule has 0 saturated heterocycles. The van der Waals surface area contributed by atoms with E-state index in [1.54, 1.807) is 40.6 Å². The summed E-state index contributed by atoms with van der Waals surface area (Å²) in [6, 6.07) is 15.5. The molecule has 0 bridgehead atoms. The number of aliphatic hydroxyl groups excluding tert-OH is 2. The topological polar surface area (TPSA) is 125 Å². The molecule has 0 aliphatic heterocycles. The highest BCUT2D eigenvalue weighted by atomic mass is 16.5. The van der Waals surface area contributed by atoms with Gasteiger partial charge in [0.15, 0.2) is 0 Å². The summed E-state index contributed by atoms with van der Waals surface area (Å²) in [5.74, 6) is 6.57. The lowest BCUT2D eigenvalue weighted by molar-refractivity contribution is 0.342. The first-order valence-electron chi connectivity index (χ1n) is 37.4. The Morgan fingerprint density at radius 2 is 0.410 bits per heavy atom. The molecule has 0 saturated carbocycles. The smallest absolute Gasteiger partial charge is 0.125 e. The van der Waals surface area contributed by atoms with E-state index in [-0.39, 0.29) is 13.2 Å². The number of methoxy groups -OCH3 is 4. The van der Waals surface area contributed by atoms with Gasteiger partial charge in [0.05, 0.1) is 41.7 Å². The summed E-state index contributed by atoms with van der Waals surface area (Å²) >= 11 is 0. The molecule has 0 atom stereocenters. The second-order valence-electron chi connectivity index (χ2n) is 19.6. The van der Waals surface area contributed by atoms with Crippen LogP contribution in [0.3, 0.4) is 0 Å². The average Bonchev–Trinajstić information content (AvgIpc) is 0.881. The van der Waals surface area contributed by atoms with Crippen molar-refractivity contribution >= 4 is 0 Å². The zero-order valence-electron chi connectivity index (χ0n) is 70.0. The summed E-state index contributed by atoms with van der Waals surface area (Å²) in [7, 11) is 6.64. The fraction of sp³-hybridized carbons (Fsp3) is 0.511. The number of aromatic hydroxyl groups is 1. The Bertz CT molecular complexity index is 2330. The highest BCUT2D eigenvalue weighted by Gasteiger charge is 2.09. The molecule has 10 nitrogen and oxygen atoms in total. The molecule has 4 rings (SSSR count). The number of benzene rings is 4. The van der Waals surface area contributed by atoms with Crippen molar-refractivity contribution in [3.8, 4) is 46.0 Å². The summed E-state index contributed by atoms with van der Waals surface area (Å²) < 4.78 is 38.1. The van der Waals surface area contributed by atoms with Crippen molar-refractivity contribution in [3.63, 3.8) is 0 Å². The van der Waals surface area contributed by atoms with Gasteiger partial charge in [-0.25, -0.2) is 0 Å². The molecule has 0 aliphatic carbocycles. The maximum atomic E-state index is 9.37. The van der Waals surface area contributed by atoms with Crippen molar-refractivity contribution in [1.82, 2.24) is 0 Å². The lowest BCUT2D eigenvalue weighted by Gasteiger charge is -2.12. The van der Waals surface area contributed by atoms with Gasteiger partial charge in [0.2, 0.25) is 0 Å². The number of ether oxygens (including phenoxy) is 7. The fourth-order valence-corrected chi connectivity index (χ4v) is 7.74. The zero-order valence-corrected chi connectivity index (χ0v) is 70.0. The first-order chi connectivity index (χ1) is 48.5. The van der Waals surface area contributed by atoms with Gasteiger partial charge in [-0.1, -0.05) is 253 Å². The van der Waals surface area contributed by atoms with Crippen LogP contribution < -0.4 is 33.2 Å². The number of allylic oxidation sites excluding steroid dienone is 15. The Kier molecular flexibility index (Phi) is 102. The number of rotatable bonds is 30. The first kappa shape index (κ1) is 111. The molecular formula is C90H154O10. The second kappa shape index (κ2) is 91.6. The normalized spacial score (nSPS) is 10.1. The van der Waals surface area contributed by atoms with E-state index in [0.717, 1.165) is 149 Å². The summed E-state index contributed by atoms with van der Waals surface area (Å²) in [6.07, 6.45) is 51.7. The van der Waals surface area contributed by atoms with E-state index in [2.05, 4.69) is 120 Å². The van der Waals surface area contributed by atoms with Gasteiger partial charge in [0, 0.05) is 0 Å². The molecule has 0 aliphatic rings. The minimum absolute atomic E-state index is 0.0918. The van der Waals surface area contributed by atoms with Gasteiger partial charge in [-0.05, 0) is 213 Å². The van der Waals surface area contributed by atoms with Crippen molar-refractivity contribution < 1.29 is 48.5 Å². The Labute approximate surface area is 618 Å². The molecule has 0 aromatic heterocycles. The Morgan fingerprint density at radius 1 is 0.250 bits per heavy atom. The van der Waals surface area contributed by atoms with Crippen LogP contribution in [0, 0.1) is 55.4 Å². The van der Waals surface area contributed by atoms with Crippen LogP contribution in [0.4, 0.5) is 0 Å². The van der Waals surface area contributed by atoms with Crippen molar-refractivity contribution in [2.24, 2.45) is 0 Å². The minimum atomic E-state index is 0.0918. The van der Waals surface area contributed by atoms with Crippen LogP contribution in [0.15, 0.2) is 170 Å². The van der Waals surface area contributed by atoms with Crippen LogP contribution in [0.25, 0.3) is 0 Å². The van der Waals surface area contributed by atoms with E-state index in [9.17, 15) is 5.11 Å². The van der Waals surface area contributed by atoms with Crippen molar-refractivity contribution in [1.29, 1.82) is 0 Å². The molecule has 0 radical (unpaired) electrons. The number of phenols is 1. The molecule has 0 unspecified atom stereocenters. The molecular weight excluding hydrogens is 1240 g/mol. The maximum absolute atomic E-state index is 9.37.